The molecule has 2 aliphatic rings. The average Bonchev–Trinajstić information content (AvgIpc) is 3.34. The van der Waals surface area contributed by atoms with Gasteiger partial charge in [-0.15, -0.1) is 0 Å². The molecule has 1 aromatic heterocycles. The molecule has 26 heavy (non-hydrogen) atoms. The minimum absolute atomic E-state index is 0.0227. The summed E-state index contributed by atoms with van der Waals surface area (Å²) in [4.78, 5) is 41.6. The van der Waals surface area contributed by atoms with Gasteiger partial charge in [-0.1, -0.05) is 0 Å². The van der Waals surface area contributed by atoms with E-state index in [2.05, 4.69) is 0 Å². The molecule has 0 saturated carbocycles. The van der Waals surface area contributed by atoms with Gasteiger partial charge < -0.3 is 23.9 Å². The van der Waals surface area contributed by atoms with E-state index in [4.69, 9.17) is 9.15 Å². The van der Waals surface area contributed by atoms with Gasteiger partial charge >= 0.3 is 0 Å². The summed E-state index contributed by atoms with van der Waals surface area (Å²) >= 11 is 0. The van der Waals surface area contributed by atoms with Gasteiger partial charge in [0.2, 0.25) is 11.8 Å². The number of nitrogens with zero attached hydrogens (tertiary/aromatic N) is 3. The Bertz CT molecular complexity index is 631. The number of carbonyl (C=O) groups is 3. The Kier molecular flexibility index (Phi) is 5.92. The summed E-state index contributed by atoms with van der Waals surface area (Å²) in [5.41, 5.74) is 0. The first kappa shape index (κ1) is 18.4. The molecule has 1 atom stereocenters. The molecule has 0 spiro atoms. The van der Waals surface area contributed by atoms with Crippen LogP contribution in [0.5, 0.6) is 0 Å². The Morgan fingerprint density at radius 1 is 1.19 bits per heavy atom. The number of piperazine rings is 1. The first-order valence-corrected chi connectivity index (χ1v) is 9.02. The van der Waals surface area contributed by atoms with E-state index < -0.39 is 0 Å². The number of rotatable bonds is 5. The molecule has 0 aromatic carbocycles. The normalized spacial score (nSPS) is 20.3. The lowest BCUT2D eigenvalue weighted by Crippen LogP contribution is -2.53. The van der Waals surface area contributed by atoms with Crippen molar-refractivity contribution in [1.82, 2.24) is 14.7 Å². The van der Waals surface area contributed by atoms with Gasteiger partial charge in [0.15, 0.2) is 5.76 Å². The lowest BCUT2D eigenvalue weighted by Gasteiger charge is -2.35. The number of furan rings is 1. The Hall–Kier alpha value is -2.35. The van der Waals surface area contributed by atoms with Crippen molar-refractivity contribution in [1.29, 1.82) is 0 Å². The molecule has 0 bridgehead atoms. The van der Waals surface area contributed by atoms with Gasteiger partial charge in [0.05, 0.1) is 18.9 Å². The third-order valence-corrected chi connectivity index (χ3v) is 4.87. The second-order valence-electron chi connectivity index (χ2n) is 6.68. The molecule has 142 valence electrons. The Morgan fingerprint density at radius 2 is 1.92 bits per heavy atom. The number of ether oxygens (including phenoxy) is 1. The molecular weight excluding hydrogens is 338 g/mol. The molecule has 0 N–H and O–H groups in total. The first-order chi connectivity index (χ1) is 12.5. The fourth-order valence-corrected chi connectivity index (χ4v) is 3.32. The minimum atomic E-state index is -0.161. The summed E-state index contributed by atoms with van der Waals surface area (Å²) in [5.74, 6) is -0.0706. The summed E-state index contributed by atoms with van der Waals surface area (Å²) in [7, 11) is 0. The maximum atomic E-state index is 12.6. The highest BCUT2D eigenvalue weighted by Crippen LogP contribution is 2.14. The molecular formula is C18H25N3O5. The topological polar surface area (TPSA) is 83.3 Å². The van der Waals surface area contributed by atoms with E-state index in [1.807, 2.05) is 0 Å². The van der Waals surface area contributed by atoms with E-state index in [-0.39, 0.29) is 30.4 Å². The van der Waals surface area contributed by atoms with Crippen molar-refractivity contribution in [2.24, 2.45) is 0 Å². The summed E-state index contributed by atoms with van der Waals surface area (Å²) < 4.78 is 10.7. The second kappa shape index (κ2) is 8.35. The Labute approximate surface area is 152 Å². The lowest BCUT2D eigenvalue weighted by atomic mass is 10.2. The fourth-order valence-electron chi connectivity index (χ4n) is 3.32. The van der Waals surface area contributed by atoms with Crippen LogP contribution in [0.25, 0.3) is 0 Å². The third kappa shape index (κ3) is 4.43. The molecule has 3 amide bonds. The number of carbonyl (C=O) groups excluding carboxylic acids is 3. The quantitative estimate of drug-likeness (QED) is 0.765. The van der Waals surface area contributed by atoms with Gasteiger partial charge in [-0.25, -0.2) is 0 Å². The molecule has 2 aliphatic heterocycles. The summed E-state index contributed by atoms with van der Waals surface area (Å²) in [6.45, 7) is 4.53. The molecule has 8 heteroatoms. The van der Waals surface area contributed by atoms with Gasteiger partial charge in [-0.2, -0.15) is 0 Å². The van der Waals surface area contributed by atoms with Gasteiger partial charge in [0.1, 0.15) is 0 Å². The van der Waals surface area contributed by atoms with Crippen molar-refractivity contribution in [3.8, 4) is 0 Å². The zero-order chi connectivity index (χ0) is 18.5. The Morgan fingerprint density at radius 3 is 2.50 bits per heavy atom. The predicted molar refractivity (Wildman–Crippen MR) is 92.4 cm³/mol. The highest BCUT2D eigenvalue weighted by atomic mass is 16.5. The van der Waals surface area contributed by atoms with Gasteiger partial charge in [-0.3, -0.25) is 14.4 Å². The van der Waals surface area contributed by atoms with E-state index in [1.165, 1.54) is 13.2 Å². The standard InChI is InChI=1S/C18H25N3O5/c1-14(22)21(12-15-4-2-10-25-15)13-17(23)19-6-8-20(9-7-19)18(24)16-5-3-11-26-16/h3,5,11,15H,2,4,6-10,12-13H2,1H3. The van der Waals surface area contributed by atoms with Crippen molar-refractivity contribution >= 4 is 17.7 Å². The molecule has 3 rings (SSSR count). The van der Waals surface area contributed by atoms with Crippen LogP contribution in [0, 0.1) is 0 Å². The van der Waals surface area contributed by atoms with Gasteiger partial charge in [0, 0.05) is 46.3 Å². The van der Waals surface area contributed by atoms with Crippen LogP contribution in [0.15, 0.2) is 22.8 Å². The van der Waals surface area contributed by atoms with Gasteiger partial charge in [0.25, 0.3) is 5.91 Å². The lowest BCUT2D eigenvalue weighted by molar-refractivity contribution is -0.141. The number of hydrogen-bond acceptors (Lipinski definition) is 5. The molecule has 1 aromatic rings. The number of hydrogen-bond donors (Lipinski definition) is 0. The maximum Gasteiger partial charge on any atom is 0.289 e. The molecule has 2 saturated heterocycles. The van der Waals surface area contributed by atoms with Crippen molar-refractivity contribution in [2.75, 3.05) is 45.9 Å². The zero-order valence-corrected chi connectivity index (χ0v) is 15.1. The van der Waals surface area contributed by atoms with Crippen LogP contribution in [-0.2, 0) is 14.3 Å². The first-order valence-electron chi connectivity index (χ1n) is 9.02. The Balaban J connectivity index is 1.49. The molecule has 8 nitrogen and oxygen atoms in total. The number of amides is 3. The van der Waals surface area contributed by atoms with Crippen LogP contribution in [0.4, 0.5) is 0 Å². The van der Waals surface area contributed by atoms with Crippen molar-refractivity contribution in [3.05, 3.63) is 24.2 Å². The van der Waals surface area contributed by atoms with Crippen molar-refractivity contribution in [2.45, 2.75) is 25.9 Å². The van der Waals surface area contributed by atoms with Crippen molar-refractivity contribution in [3.63, 3.8) is 0 Å². The van der Waals surface area contributed by atoms with Crippen LogP contribution in [0.1, 0.15) is 30.3 Å². The predicted octanol–water partition coefficient (Wildman–Crippen LogP) is 0.592. The molecule has 0 aliphatic carbocycles. The molecule has 0 radical (unpaired) electrons. The largest absolute Gasteiger partial charge is 0.459 e. The second-order valence-corrected chi connectivity index (χ2v) is 6.68. The minimum Gasteiger partial charge on any atom is -0.459 e. The highest BCUT2D eigenvalue weighted by Gasteiger charge is 2.28. The van der Waals surface area contributed by atoms with E-state index >= 15 is 0 Å². The maximum absolute atomic E-state index is 12.6. The van der Waals surface area contributed by atoms with Crippen molar-refractivity contribution < 1.29 is 23.5 Å². The van der Waals surface area contributed by atoms with E-state index in [9.17, 15) is 14.4 Å². The monoisotopic (exact) mass is 363 g/mol. The summed E-state index contributed by atoms with van der Waals surface area (Å²) in [6.07, 6.45) is 3.41. The molecule has 1 unspecified atom stereocenters. The van der Waals surface area contributed by atoms with Crippen LogP contribution in [0.2, 0.25) is 0 Å². The molecule has 2 fully saturated rings. The van der Waals surface area contributed by atoms with E-state index in [1.54, 1.807) is 26.8 Å². The highest BCUT2D eigenvalue weighted by molar-refractivity contribution is 5.91. The average molecular weight is 363 g/mol. The van der Waals surface area contributed by atoms with E-state index in [0.29, 0.717) is 38.5 Å². The summed E-state index contributed by atoms with van der Waals surface area (Å²) in [5, 5.41) is 0. The zero-order valence-electron chi connectivity index (χ0n) is 15.1. The van der Waals surface area contributed by atoms with Crippen LogP contribution in [0.3, 0.4) is 0 Å². The van der Waals surface area contributed by atoms with Crippen LogP contribution in [-0.4, -0.2) is 84.4 Å². The SMILES string of the molecule is CC(=O)N(CC(=O)N1CCN(C(=O)c2ccco2)CC1)CC1CCCO1. The fraction of sp³-hybridized carbons (Fsp3) is 0.611. The van der Waals surface area contributed by atoms with Crippen LogP contribution >= 0.6 is 0 Å². The smallest absolute Gasteiger partial charge is 0.289 e. The van der Waals surface area contributed by atoms with Crippen LogP contribution < -0.4 is 0 Å². The third-order valence-electron chi connectivity index (χ3n) is 4.87. The van der Waals surface area contributed by atoms with Gasteiger partial charge in [-0.05, 0) is 25.0 Å². The molecule has 3 heterocycles. The summed E-state index contributed by atoms with van der Waals surface area (Å²) in [6, 6.07) is 3.31. The van der Waals surface area contributed by atoms with E-state index in [0.717, 1.165) is 19.4 Å².